The van der Waals surface area contributed by atoms with Gasteiger partial charge in [0.25, 0.3) is 0 Å². The first-order chi connectivity index (χ1) is 11.1. The van der Waals surface area contributed by atoms with Crippen LogP contribution in [0.2, 0.25) is 5.02 Å². The van der Waals surface area contributed by atoms with Crippen LogP contribution < -0.4 is 5.32 Å². The van der Waals surface area contributed by atoms with E-state index in [0.717, 1.165) is 11.3 Å². The van der Waals surface area contributed by atoms with E-state index in [1.54, 1.807) is 11.3 Å². The normalized spacial score (nSPS) is 12.1. The highest BCUT2D eigenvalue weighted by Crippen LogP contribution is 2.28. The molecule has 0 unspecified atom stereocenters. The summed E-state index contributed by atoms with van der Waals surface area (Å²) in [5.41, 5.74) is 1.65. The van der Waals surface area contributed by atoms with Crippen LogP contribution in [0.15, 0.2) is 60.2 Å². The summed E-state index contributed by atoms with van der Waals surface area (Å²) < 4.78 is 2.07. The average Bonchev–Trinajstić information content (AvgIpc) is 3.22. The maximum atomic E-state index is 12.5. The maximum Gasteiger partial charge on any atom is 0.226 e. The molecule has 1 aromatic carbocycles. The number of aromatic nitrogens is 1. The molecule has 2 heterocycles. The first-order valence-electron chi connectivity index (χ1n) is 7.36. The molecular formula is C18H17ClN2OS. The summed E-state index contributed by atoms with van der Waals surface area (Å²) in [4.78, 5) is 13.7. The summed E-state index contributed by atoms with van der Waals surface area (Å²) in [7, 11) is 0. The van der Waals surface area contributed by atoms with Gasteiger partial charge < -0.3 is 9.88 Å². The van der Waals surface area contributed by atoms with Crippen molar-refractivity contribution in [3.05, 3.63) is 75.7 Å². The number of rotatable bonds is 5. The van der Waals surface area contributed by atoms with Crippen LogP contribution in [0.5, 0.6) is 0 Å². The molecule has 1 amide bonds. The summed E-state index contributed by atoms with van der Waals surface area (Å²) in [5.74, 6) is -0.0255. The summed E-state index contributed by atoms with van der Waals surface area (Å²) in [5, 5.41) is 5.66. The molecular weight excluding hydrogens is 328 g/mol. The van der Waals surface area contributed by atoms with Crippen LogP contribution >= 0.6 is 22.9 Å². The Balaban J connectivity index is 1.78. The van der Waals surface area contributed by atoms with Gasteiger partial charge in [0.2, 0.25) is 5.91 Å². The van der Waals surface area contributed by atoms with Crippen molar-refractivity contribution in [3.8, 4) is 0 Å². The van der Waals surface area contributed by atoms with Gasteiger partial charge in [-0.2, -0.15) is 0 Å². The van der Waals surface area contributed by atoms with Crippen molar-refractivity contribution < 1.29 is 4.79 Å². The number of hydrogen-bond donors (Lipinski definition) is 1. The Hall–Kier alpha value is -2.04. The lowest BCUT2D eigenvalue weighted by atomic mass is 10.1. The Kier molecular flexibility index (Phi) is 4.84. The SMILES string of the molecule is Cc1c(Cl)cccc1NC(=O)C[C@H](c1cccs1)n1cccc1. The Morgan fingerprint density at radius 3 is 2.70 bits per heavy atom. The minimum Gasteiger partial charge on any atom is -0.346 e. The fourth-order valence-corrected chi connectivity index (χ4v) is 3.52. The van der Waals surface area contributed by atoms with E-state index in [1.165, 1.54) is 4.88 Å². The predicted octanol–water partition coefficient (Wildman–Crippen LogP) is 5.13. The van der Waals surface area contributed by atoms with Crippen molar-refractivity contribution in [1.29, 1.82) is 0 Å². The standard InChI is InChI=1S/C18H17ClN2OS/c1-13-14(19)6-4-7-15(13)20-18(22)12-16(17-8-5-11-23-17)21-9-2-3-10-21/h2-11,16H,12H2,1H3,(H,20,22)/t16-/m1/s1. The highest BCUT2D eigenvalue weighted by molar-refractivity contribution is 7.10. The maximum absolute atomic E-state index is 12.5. The van der Waals surface area contributed by atoms with Gasteiger partial charge >= 0.3 is 0 Å². The quantitative estimate of drug-likeness (QED) is 0.684. The third-order valence-electron chi connectivity index (χ3n) is 3.78. The van der Waals surface area contributed by atoms with Crippen LogP contribution in [0.4, 0.5) is 5.69 Å². The fraction of sp³-hybridized carbons (Fsp3) is 0.167. The number of amides is 1. The lowest BCUT2D eigenvalue weighted by Crippen LogP contribution is -2.19. The largest absolute Gasteiger partial charge is 0.346 e. The molecule has 5 heteroatoms. The molecule has 0 radical (unpaired) electrons. The van der Waals surface area contributed by atoms with Gasteiger partial charge in [-0.05, 0) is 48.2 Å². The van der Waals surface area contributed by atoms with E-state index >= 15 is 0 Å². The van der Waals surface area contributed by atoms with Crippen LogP contribution in [0.1, 0.15) is 22.9 Å². The molecule has 118 valence electrons. The van der Waals surface area contributed by atoms with E-state index in [1.807, 2.05) is 61.1 Å². The molecule has 1 atom stereocenters. The van der Waals surface area contributed by atoms with Gasteiger partial charge in [-0.3, -0.25) is 4.79 Å². The predicted molar refractivity (Wildman–Crippen MR) is 96.3 cm³/mol. The highest BCUT2D eigenvalue weighted by Gasteiger charge is 2.19. The van der Waals surface area contributed by atoms with Gasteiger partial charge in [0.1, 0.15) is 0 Å². The van der Waals surface area contributed by atoms with E-state index in [-0.39, 0.29) is 11.9 Å². The van der Waals surface area contributed by atoms with E-state index < -0.39 is 0 Å². The average molecular weight is 345 g/mol. The molecule has 3 rings (SSSR count). The number of thiophene rings is 1. The number of carbonyl (C=O) groups is 1. The number of benzene rings is 1. The zero-order chi connectivity index (χ0) is 16.2. The number of halogens is 1. The van der Waals surface area contributed by atoms with E-state index in [9.17, 15) is 4.79 Å². The topological polar surface area (TPSA) is 34.0 Å². The molecule has 0 spiro atoms. The number of carbonyl (C=O) groups excluding carboxylic acids is 1. The minimum atomic E-state index is -0.0255. The third-order valence-corrected chi connectivity index (χ3v) is 5.16. The summed E-state index contributed by atoms with van der Waals surface area (Å²) >= 11 is 7.77. The molecule has 0 aliphatic heterocycles. The Labute approximate surface area is 144 Å². The summed E-state index contributed by atoms with van der Waals surface area (Å²) in [6, 6.07) is 13.6. The molecule has 0 saturated heterocycles. The highest BCUT2D eigenvalue weighted by atomic mass is 35.5. The minimum absolute atomic E-state index is 0.00416. The lowest BCUT2D eigenvalue weighted by Gasteiger charge is -2.18. The van der Waals surface area contributed by atoms with Crippen molar-refractivity contribution in [1.82, 2.24) is 4.57 Å². The second-order valence-electron chi connectivity index (χ2n) is 5.33. The first-order valence-corrected chi connectivity index (χ1v) is 8.61. The van der Waals surface area contributed by atoms with Crippen LogP contribution in [0.3, 0.4) is 0 Å². The molecule has 0 fully saturated rings. The summed E-state index contributed by atoms with van der Waals surface area (Å²) in [6.45, 7) is 1.90. The van der Waals surface area contributed by atoms with Crippen LogP contribution in [-0.4, -0.2) is 10.5 Å². The molecule has 23 heavy (non-hydrogen) atoms. The molecule has 0 saturated carbocycles. The first kappa shape index (κ1) is 15.8. The van der Waals surface area contributed by atoms with Gasteiger partial charge in [-0.1, -0.05) is 23.7 Å². The lowest BCUT2D eigenvalue weighted by molar-refractivity contribution is -0.116. The molecule has 0 bridgehead atoms. The molecule has 1 N–H and O–H groups in total. The van der Waals surface area contributed by atoms with E-state index in [2.05, 4.69) is 16.0 Å². The van der Waals surface area contributed by atoms with Crippen molar-refractivity contribution >= 4 is 34.5 Å². The third kappa shape index (κ3) is 3.66. The smallest absolute Gasteiger partial charge is 0.226 e. The van der Waals surface area contributed by atoms with E-state index in [0.29, 0.717) is 11.4 Å². The van der Waals surface area contributed by atoms with Crippen molar-refractivity contribution in [2.75, 3.05) is 5.32 Å². The van der Waals surface area contributed by atoms with Crippen LogP contribution in [-0.2, 0) is 4.79 Å². The Morgan fingerprint density at radius 2 is 2.00 bits per heavy atom. The zero-order valence-electron chi connectivity index (χ0n) is 12.7. The summed E-state index contributed by atoms with van der Waals surface area (Å²) in [6.07, 6.45) is 4.35. The second-order valence-corrected chi connectivity index (χ2v) is 6.71. The van der Waals surface area contributed by atoms with Gasteiger partial charge in [-0.15, -0.1) is 11.3 Å². The van der Waals surface area contributed by atoms with E-state index in [4.69, 9.17) is 11.6 Å². The Bertz CT molecular complexity index is 747. The second kappa shape index (κ2) is 7.02. The molecule has 3 aromatic rings. The monoisotopic (exact) mass is 344 g/mol. The van der Waals surface area contributed by atoms with Gasteiger partial charge in [0, 0.05) is 28.0 Å². The zero-order valence-corrected chi connectivity index (χ0v) is 14.3. The molecule has 0 aliphatic rings. The Morgan fingerprint density at radius 1 is 1.22 bits per heavy atom. The molecule has 3 nitrogen and oxygen atoms in total. The number of hydrogen-bond acceptors (Lipinski definition) is 2. The van der Waals surface area contributed by atoms with Crippen molar-refractivity contribution in [2.45, 2.75) is 19.4 Å². The molecule has 2 aromatic heterocycles. The number of anilines is 1. The van der Waals surface area contributed by atoms with Gasteiger partial charge in [0.15, 0.2) is 0 Å². The molecule has 0 aliphatic carbocycles. The van der Waals surface area contributed by atoms with Crippen molar-refractivity contribution in [3.63, 3.8) is 0 Å². The van der Waals surface area contributed by atoms with Gasteiger partial charge in [0.05, 0.1) is 12.5 Å². The van der Waals surface area contributed by atoms with Crippen molar-refractivity contribution in [2.24, 2.45) is 0 Å². The van der Waals surface area contributed by atoms with Crippen LogP contribution in [0.25, 0.3) is 0 Å². The number of nitrogens with one attached hydrogen (secondary N) is 1. The fourth-order valence-electron chi connectivity index (χ4n) is 2.51. The van der Waals surface area contributed by atoms with Crippen LogP contribution in [0, 0.1) is 6.92 Å². The van der Waals surface area contributed by atoms with Gasteiger partial charge in [-0.25, -0.2) is 0 Å². The number of nitrogens with zero attached hydrogens (tertiary/aromatic N) is 1.